The van der Waals surface area contributed by atoms with Gasteiger partial charge in [-0.3, -0.25) is 9.59 Å². The maximum atomic E-state index is 13.3. The number of likely N-dealkylation sites (tertiary alicyclic amines) is 1. The normalized spacial score (nSPS) is 18.9. The zero-order valence-corrected chi connectivity index (χ0v) is 21.0. The SMILES string of the molecule is CO[C@H]1CN(C(=O)c2cc(CCN(C)C)c(C(C)C)s2)C[C@@H]1NC(=O)c1ccc(Cl)s1. The van der Waals surface area contributed by atoms with Gasteiger partial charge in [0.05, 0.1) is 26.2 Å². The van der Waals surface area contributed by atoms with Crippen molar-refractivity contribution in [3.63, 3.8) is 0 Å². The van der Waals surface area contributed by atoms with Gasteiger partial charge in [0.25, 0.3) is 11.8 Å². The lowest BCUT2D eigenvalue weighted by Crippen LogP contribution is -2.43. The fourth-order valence-electron chi connectivity index (χ4n) is 3.73. The van der Waals surface area contributed by atoms with E-state index in [4.69, 9.17) is 16.3 Å². The molecule has 170 valence electrons. The Bertz CT molecular complexity index is 925. The van der Waals surface area contributed by atoms with Crippen molar-refractivity contribution in [1.29, 1.82) is 0 Å². The summed E-state index contributed by atoms with van der Waals surface area (Å²) in [6.45, 7) is 6.15. The molecule has 31 heavy (non-hydrogen) atoms. The fraction of sp³-hybridized carbons (Fsp3) is 0.545. The van der Waals surface area contributed by atoms with E-state index in [1.165, 1.54) is 21.8 Å². The van der Waals surface area contributed by atoms with Crippen molar-refractivity contribution < 1.29 is 14.3 Å². The molecule has 0 aliphatic carbocycles. The van der Waals surface area contributed by atoms with Crippen LogP contribution in [0.2, 0.25) is 4.34 Å². The van der Waals surface area contributed by atoms with E-state index in [-0.39, 0.29) is 24.0 Å². The largest absolute Gasteiger partial charge is 0.377 e. The van der Waals surface area contributed by atoms with Gasteiger partial charge in [0.1, 0.15) is 0 Å². The van der Waals surface area contributed by atoms with Gasteiger partial charge >= 0.3 is 0 Å². The average molecular weight is 484 g/mol. The van der Waals surface area contributed by atoms with Crippen molar-refractivity contribution in [2.45, 2.75) is 38.3 Å². The maximum Gasteiger partial charge on any atom is 0.264 e. The first-order valence-corrected chi connectivity index (χ1v) is 12.4. The molecule has 0 aromatic carbocycles. The summed E-state index contributed by atoms with van der Waals surface area (Å²) in [6.07, 6.45) is 0.675. The molecular weight excluding hydrogens is 454 g/mol. The van der Waals surface area contributed by atoms with E-state index in [1.54, 1.807) is 35.5 Å². The summed E-state index contributed by atoms with van der Waals surface area (Å²) in [5, 5.41) is 3.01. The predicted molar refractivity (Wildman–Crippen MR) is 128 cm³/mol. The number of ether oxygens (including phenoxy) is 1. The highest BCUT2D eigenvalue weighted by molar-refractivity contribution is 7.18. The van der Waals surface area contributed by atoms with Gasteiger partial charge in [-0.15, -0.1) is 22.7 Å². The zero-order chi connectivity index (χ0) is 22.7. The third-order valence-electron chi connectivity index (χ3n) is 5.37. The van der Waals surface area contributed by atoms with Crippen LogP contribution in [-0.2, 0) is 11.2 Å². The van der Waals surface area contributed by atoms with Crippen molar-refractivity contribution in [2.75, 3.05) is 40.8 Å². The van der Waals surface area contributed by atoms with Crippen molar-refractivity contribution in [3.05, 3.63) is 42.7 Å². The number of thiophene rings is 2. The van der Waals surface area contributed by atoms with Crippen molar-refractivity contribution in [3.8, 4) is 0 Å². The molecule has 9 heteroatoms. The Hall–Kier alpha value is -1.45. The van der Waals surface area contributed by atoms with Crippen LogP contribution in [0.3, 0.4) is 0 Å². The first-order valence-electron chi connectivity index (χ1n) is 10.3. The lowest BCUT2D eigenvalue weighted by Gasteiger charge is -2.17. The molecular formula is C22H30ClN3O3S2. The standard InChI is InChI=1S/C22H30ClN3O3S2/c1-13(2)20-14(8-9-25(3)4)10-18(31-20)22(28)26-11-15(16(12-26)29-5)24-21(27)17-6-7-19(23)30-17/h6-7,10,13,15-16H,8-9,11-12H2,1-5H3,(H,24,27)/t15-,16-/m0/s1. The molecule has 1 saturated heterocycles. The number of amides is 2. The highest BCUT2D eigenvalue weighted by Gasteiger charge is 2.37. The second-order valence-corrected chi connectivity index (χ2v) is 11.2. The Morgan fingerprint density at radius 2 is 2.00 bits per heavy atom. The number of hydrogen-bond acceptors (Lipinski definition) is 6. The van der Waals surface area contributed by atoms with Crippen LogP contribution in [0.25, 0.3) is 0 Å². The van der Waals surface area contributed by atoms with Crippen LogP contribution in [0.5, 0.6) is 0 Å². The summed E-state index contributed by atoms with van der Waals surface area (Å²) in [7, 11) is 5.73. The molecule has 0 unspecified atom stereocenters. The summed E-state index contributed by atoms with van der Waals surface area (Å²) < 4.78 is 6.15. The van der Waals surface area contributed by atoms with Crippen LogP contribution in [0.4, 0.5) is 0 Å². The van der Waals surface area contributed by atoms with E-state index in [0.29, 0.717) is 28.2 Å². The van der Waals surface area contributed by atoms with E-state index < -0.39 is 0 Å². The second-order valence-electron chi connectivity index (χ2n) is 8.38. The average Bonchev–Trinajstić information content (AvgIpc) is 3.43. The molecule has 2 aromatic heterocycles. The molecule has 6 nitrogen and oxygen atoms in total. The summed E-state index contributed by atoms with van der Waals surface area (Å²) in [5.74, 6) is 0.182. The number of nitrogens with zero attached hydrogens (tertiary/aromatic N) is 2. The molecule has 0 saturated carbocycles. The maximum absolute atomic E-state index is 13.3. The number of halogens is 1. The minimum Gasteiger partial charge on any atom is -0.377 e. The van der Waals surface area contributed by atoms with Gasteiger partial charge in [0, 0.05) is 31.6 Å². The Kier molecular flexibility index (Phi) is 8.15. The van der Waals surface area contributed by atoms with Crippen molar-refractivity contribution >= 4 is 46.1 Å². The fourth-order valence-corrected chi connectivity index (χ4v) is 5.85. The molecule has 3 rings (SSSR count). The third kappa shape index (κ3) is 5.87. The number of methoxy groups -OCH3 is 1. The Morgan fingerprint density at radius 3 is 2.58 bits per heavy atom. The molecule has 1 N–H and O–H groups in total. The van der Waals surface area contributed by atoms with Gasteiger partial charge in [-0.25, -0.2) is 0 Å². The number of likely N-dealkylation sites (N-methyl/N-ethyl adjacent to an activating group) is 1. The molecule has 1 fully saturated rings. The van der Waals surface area contributed by atoms with Crippen molar-refractivity contribution in [1.82, 2.24) is 15.1 Å². The summed E-state index contributed by atoms with van der Waals surface area (Å²) >= 11 is 8.77. The van der Waals surface area contributed by atoms with Crippen LogP contribution >= 0.6 is 34.3 Å². The lowest BCUT2D eigenvalue weighted by molar-refractivity contribution is 0.0695. The molecule has 2 amide bonds. The topological polar surface area (TPSA) is 61.9 Å². The van der Waals surface area contributed by atoms with E-state index in [1.807, 2.05) is 6.07 Å². The van der Waals surface area contributed by atoms with E-state index in [2.05, 4.69) is 38.2 Å². The molecule has 1 aliphatic rings. The van der Waals surface area contributed by atoms with Crippen LogP contribution in [0.1, 0.15) is 49.5 Å². The van der Waals surface area contributed by atoms with E-state index in [0.717, 1.165) is 17.8 Å². The van der Waals surface area contributed by atoms with E-state index >= 15 is 0 Å². The molecule has 2 aromatic rings. The summed E-state index contributed by atoms with van der Waals surface area (Å²) in [5.41, 5.74) is 1.25. The lowest BCUT2D eigenvalue weighted by atomic mass is 10.1. The minimum atomic E-state index is -0.264. The summed E-state index contributed by atoms with van der Waals surface area (Å²) in [4.78, 5) is 32.3. The predicted octanol–water partition coefficient (Wildman–Crippen LogP) is 3.96. The molecule has 0 spiro atoms. The number of carbonyl (C=O) groups excluding carboxylic acids is 2. The quantitative estimate of drug-likeness (QED) is 0.617. The van der Waals surface area contributed by atoms with Gasteiger partial charge in [0.2, 0.25) is 0 Å². The second kappa shape index (κ2) is 10.4. The van der Waals surface area contributed by atoms with Gasteiger partial charge in [-0.1, -0.05) is 25.4 Å². The van der Waals surface area contributed by atoms with Gasteiger partial charge in [-0.2, -0.15) is 0 Å². The van der Waals surface area contributed by atoms with Crippen LogP contribution in [0, 0.1) is 0 Å². The number of rotatable bonds is 8. The molecule has 3 heterocycles. The molecule has 1 aliphatic heterocycles. The van der Waals surface area contributed by atoms with Crippen LogP contribution in [-0.4, -0.2) is 74.6 Å². The highest BCUT2D eigenvalue weighted by atomic mass is 35.5. The van der Waals surface area contributed by atoms with Crippen LogP contribution < -0.4 is 5.32 Å². The molecule has 0 radical (unpaired) electrons. The summed E-state index contributed by atoms with van der Waals surface area (Å²) in [6, 6.07) is 5.19. The van der Waals surface area contributed by atoms with E-state index in [9.17, 15) is 9.59 Å². The number of hydrogen-bond donors (Lipinski definition) is 1. The first kappa shape index (κ1) is 24.2. The van der Waals surface area contributed by atoms with Crippen LogP contribution in [0.15, 0.2) is 18.2 Å². The van der Waals surface area contributed by atoms with Gasteiger partial charge < -0.3 is 19.9 Å². The Morgan fingerprint density at radius 1 is 1.26 bits per heavy atom. The Labute approximate surface area is 197 Å². The minimum absolute atomic E-state index is 0.000898. The smallest absolute Gasteiger partial charge is 0.264 e. The molecule has 2 atom stereocenters. The zero-order valence-electron chi connectivity index (χ0n) is 18.6. The Balaban J connectivity index is 1.71. The number of nitrogens with one attached hydrogen (secondary N) is 1. The highest BCUT2D eigenvalue weighted by Crippen LogP contribution is 2.32. The third-order valence-corrected chi connectivity index (χ3v) is 8.07. The van der Waals surface area contributed by atoms with Gasteiger partial charge in [0.15, 0.2) is 0 Å². The first-order chi connectivity index (χ1) is 14.7. The number of carbonyl (C=O) groups is 2. The molecule has 0 bridgehead atoms. The monoisotopic (exact) mass is 483 g/mol. The van der Waals surface area contributed by atoms with Gasteiger partial charge in [-0.05, 0) is 50.2 Å². The van der Waals surface area contributed by atoms with Crippen molar-refractivity contribution in [2.24, 2.45) is 0 Å².